The summed E-state index contributed by atoms with van der Waals surface area (Å²) in [6, 6.07) is 19.8. The maximum atomic E-state index is 13.3. The van der Waals surface area contributed by atoms with Gasteiger partial charge in [0, 0.05) is 32.4 Å². The van der Waals surface area contributed by atoms with E-state index < -0.39 is 0 Å². The lowest BCUT2D eigenvalue weighted by Crippen LogP contribution is -2.36. The first-order valence-corrected chi connectivity index (χ1v) is 9.67. The molecule has 0 amide bonds. The highest BCUT2D eigenvalue weighted by Gasteiger charge is 2.02. The SMILES string of the molecule is CN=C(NCc1ccc(OCCOc2ccccc2)nc1)NCc1cccc(F)c1. The van der Waals surface area contributed by atoms with E-state index >= 15 is 0 Å². The van der Waals surface area contributed by atoms with Crippen LogP contribution in [0.25, 0.3) is 0 Å². The number of pyridine rings is 1. The number of aromatic nitrogens is 1. The van der Waals surface area contributed by atoms with Gasteiger partial charge < -0.3 is 20.1 Å². The number of nitrogens with one attached hydrogen (secondary N) is 2. The zero-order valence-corrected chi connectivity index (χ0v) is 16.8. The van der Waals surface area contributed by atoms with E-state index in [1.54, 1.807) is 19.3 Å². The second-order valence-electron chi connectivity index (χ2n) is 6.42. The molecule has 0 saturated carbocycles. The first kappa shape index (κ1) is 21.1. The standard InChI is InChI=1S/C23H25FN4O2/c1-25-23(27-15-18-6-5-7-20(24)14-18)28-17-19-10-11-22(26-16-19)30-13-12-29-21-8-3-2-4-9-21/h2-11,14,16H,12-13,15,17H2,1H3,(H2,25,27,28). The molecular weight excluding hydrogens is 383 g/mol. The summed E-state index contributed by atoms with van der Waals surface area (Å²) < 4.78 is 24.4. The van der Waals surface area contributed by atoms with Crippen molar-refractivity contribution in [3.63, 3.8) is 0 Å². The van der Waals surface area contributed by atoms with Crippen LogP contribution in [0, 0.1) is 5.82 Å². The van der Waals surface area contributed by atoms with Crippen LogP contribution in [0.5, 0.6) is 11.6 Å². The third-order valence-corrected chi connectivity index (χ3v) is 4.18. The molecule has 0 spiro atoms. The molecule has 3 rings (SSSR count). The van der Waals surface area contributed by atoms with Gasteiger partial charge in [0.25, 0.3) is 0 Å². The number of hydrogen-bond donors (Lipinski definition) is 2. The quantitative estimate of drug-likeness (QED) is 0.322. The Morgan fingerprint density at radius 2 is 1.67 bits per heavy atom. The van der Waals surface area contributed by atoms with E-state index in [0.29, 0.717) is 38.1 Å². The Balaban J connectivity index is 1.37. The zero-order chi connectivity index (χ0) is 21.0. The van der Waals surface area contributed by atoms with Crippen LogP contribution in [-0.4, -0.2) is 31.2 Å². The number of nitrogens with zero attached hydrogens (tertiary/aromatic N) is 2. The summed E-state index contributed by atoms with van der Waals surface area (Å²) in [6.45, 7) is 1.89. The van der Waals surface area contributed by atoms with E-state index in [2.05, 4.69) is 20.6 Å². The number of guanidine groups is 1. The van der Waals surface area contributed by atoms with Gasteiger partial charge in [-0.3, -0.25) is 4.99 Å². The molecule has 0 aliphatic carbocycles. The van der Waals surface area contributed by atoms with Crippen molar-refractivity contribution >= 4 is 5.96 Å². The van der Waals surface area contributed by atoms with E-state index in [1.807, 2.05) is 48.5 Å². The second-order valence-corrected chi connectivity index (χ2v) is 6.42. The molecule has 0 fully saturated rings. The minimum Gasteiger partial charge on any atom is -0.490 e. The van der Waals surface area contributed by atoms with Gasteiger partial charge in [0.2, 0.25) is 5.88 Å². The van der Waals surface area contributed by atoms with Crippen molar-refractivity contribution < 1.29 is 13.9 Å². The van der Waals surface area contributed by atoms with E-state index in [9.17, 15) is 4.39 Å². The summed E-state index contributed by atoms with van der Waals surface area (Å²) in [4.78, 5) is 8.49. The molecule has 7 heteroatoms. The Morgan fingerprint density at radius 1 is 0.900 bits per heavy atom. The molecule has 0 aliphatic heterocycles. The van der Waals surface area contributed by atoms with Crippen LogP contribution in [0.3, 0.4) is 0 Å². The summed E-state index contributed by atoms with van der Waals surface area (Å²) in [5, 5.41) is 6.36. The maximum Gasteiger partial charge on any atom is 0.213 e. The lowest BCUT2D eigenvalue weighted by molar-refractivity contribution is 0.212. The van der Waals surface area contributed by atoms with Crippen molar-refractivity contribution in [3.05, 3.63) is 89.9 Å². The van der Waals surface area contributed by atoms with Crippen LogP contribution in [0.1, 0.15) is 11.1 Å². The largest absolute Gasteiger partial charge is 0.490 e. The number of ether oxygens (including phenoxy) is 2. The predicted molar refractivity (Wildman–Crippen MR) is 115 cm³/mol. The molecule has 0 unspecified atom stereocenters. The molecule has 156 valence electrons. The highest BCUT2D eigenvalue weighted by molar-refractivity contribution is 5.79. The van der Waals surface area contributed by atoms with Gasteiger partial charge in [0.15, 0.2) is 5.96 Å². The molecule has 0 radical (unpaired) electrons. The van der Waals surface area contributed by atoms with Crippen LogP contribution in [0.4, 0.5) is 4.39 Å². The van der Waals surface area contributed by atoms with E-state index in [0.717, 1.165) is 16.9 Å². The lowest BCUT2D eigenvalue weighted by atomic mass is 10.2. The molecule has 2 aromatic carbocycles. The molecule has 3 aromatic rings. The minimum absolute atomic E-state index is 0.253. The highest BCUT2D eigenvalue weighted by Crippen LogP contribution is 2.10. The minimum atomic E-state index is -0.253. The second kappa shape index (κ2) is 11.4. The number of halogens is 1. The van der Waals surface area contributed by atoms with Crippen molar-refractivity contribution in [1.29, 1.82) is 0 Å². The van der Waals surface area contributed by atoms with Crippen molar-refractivity contribution in [2.24, 2.45) is 4.99 Å². The molecule has 0 aliphatic rings. The smallest absolute Gasteiger partial charge is 0.213 e. The Labute approximate surface area is 175 Å². The van der Waals surface area contributed by atoms with Crippen LogP contribution >= 0.6 is 0 Å². The number of aliphatic imine (C=N–C) groups is 1. The van der Waals surface area contributed by atoms with Gasteiger partial charge in [-0.1, -0.05) is 36.4 Å². The van der Waals surface area contributed by atoms with Crippen LogP contribution < -0.4 is 20.1 Å². The molecule has 1 heterocycles. The van der Waals surface area contributed by atoms with Gasteiger partial charge in [-0.15, -0.1) is 0 Å². The van der Waals surface area contributed by atoms with Crippen molar-refractivity contribution in [2.45, 2.75) is 13.1 Å². The van der Waals surface area contributed by atoms with Crippen molar-refractivity contribution in [1.82, 2.24) is 15.6 Å². The van der Waals surface area contributed by atoms with Gasteiger partial charge in [0.05, 0.1) is 0 Å². The molecule has 30 heavy (non-hydrogen) atoms. The normalized spacial score (nSPS) is 11.1. The Kier molecular flexibility index (Phi) is 8.02. The Morgan fingerprint density at radius 3 is 2.37 bits per heavy atom. The first-order valence-electron chi connectivity index (χ1n) is 9.67. The zero-order valence-electron chi connectivity index (χ0n) is 16.8. The van der Waals surface area contributed by atoms with E-state index in [1.165, 1.54) is 12.1 Å². The van der Waals surface area contributed by atoms with Gasteiger partial charge >= 0.3 is 0 Å². The van der Waals surface area contributed by atoms with Crippen LogP contribution in [0.15, 0.2) is 77.9 Å². The molecular formula is C23H25FN4O2. The third kappa shape index (κ3) is 7.09. The number of hydrogen-bond acceptors (Lipinski definition) is 4. The van der Waals surface area contributed by atoms with Crippen molar-refractivity contribution in [2.75, 3.05) is 20.3 Å². The van der Waals surface area contributed by atoms with Gasteiger partial charge in [0.1, 0.15) is 24.8 Å². The first-order chi connectivity index (χ1) is 14.7. The monoisotopic (exact) mass is 408 g/mol. The predicted octanol–water partition coefficient (Wildman–Crippen LogP) is 3.54. The fourth-order valence-electron chi connectivity index (χ4n) is 2.66. The molecule has 0 atom stereocenters. The summed E-state index contributed by atoms with van der Waals surface area (Å²) in [7, 11) is 1.69. The highest BCUT2D eigenvalue weighted by atomic mass is 19.1. The fourth-order valence-corrected chi connectivity index (χ4v) is 2.66. The topological polar surface area (TPSA) is 67.8 Å². The van der Waals surface area contributed by atoms with Crippen LogP contribution in [-0.2, 0) is 13.1 Å². The molecule has 0 saturated heterocycles. The Hall–Kier alpha value is -3.61. The third-order valence-electron chi connectivity index (χ3n) is 4.18. The average molecular weight is 408 g/mol. The summed E-state index contributed by atoms with van der Waals surface area (Å²) in [5.41, 5.74) is 1.83. The molecule has 6 nitrogen and oxygen atoms in total. The lowest BCUT2D eigenvalue weighted by Gasteiger charge is -2.12. The number of benzene rings is 2. The van der Waals surface area contributed by atoms with E-state index in [-0.39, 0.29) is 5.82 Å². The van der Waals surface area contributed by atoms with Crippen molar-refractivity contribution in [3.8, 4) is 11.6 Å². The molecule has 0 bridgehead atoms. The molecule has 2 N–H and O–H groups in total. The number of para-hydroxylation sites is 1. The van der Waals surface area contributed by atoms with Gasteiger partial charge in [-0.25, -0.2) is 9.37 Å². The van der Waals surface area contributed by atoms with Gasteiger partial charge in [-0.2, -0.15) is 0 Å². The summed E-state index contributed by atoms with van der Waals surface area (Å²) >= 11 is 0. The van der Waals surface area contributed by atoms with Gasteiger partial charge in [-0.05, 0) is 35.4 Å². The maximum absolute atomic E-state index is 13.3. The Bertz CT molecular complexity index is 933. The summed E-state index contributed by atoms with van der Waals surface area (Å²) in [6.07, 6.45) is 1.75. The number of rotatable bonds is 9. The molecule has 1 aromatic heterocycles. The van der Waals surface area contributed by atoms with Crippen LogP contribution in [0.2, 0.25) is 0 Å². The fraction of sp³-hybridized carbons (Fsp3) is 0.217. The summed E-state index contributed by atoms with van der Waals surface area (Å²) in [5.74, 6) is 1.73. The average Bonchev–Trinajstić information content (AvgIpc) is 2.78. The van der Waals surface area contributed by atoms with E-state index in [4.69, 9.17) is 9.47 Å².